The van der Waals surface area contributed by atoms with Crippen LogP contribution in [-0.2, 0) is 13.2 Å². The summed E-state index contributed by atoms with van der Waals surface area (Å²) in [7, 11) is 2.87. The second-order valence-electron chi connectivity index (χ2n) is 7.99. The Balaban J connectivity index is 1.74. The van der Waals surface area contributed by atoms with Crippen molar-refractivity contribution in [2.24, 2.45) is 12.8 Å². The number of rotatable bonds is 5. The topological polar surface area (TPSA) is 135 Å². The lowest BCUT2D eigenvalue weighted by molar-refractivity contribution is -0.137. The van der Waals surface area contributed by atoms with E-state index < -0.39 is 23.7 Å². The number of primary amides is 1. The van der Waals surface area contributed by atoms with Gasteiger partial charge in [-0.3, -0.25) is 19.8 Å². The van der Waals surface area contributed by atoms with Gasteiger partial charge in [0, 0.05) is 37.5 Å². The standard InChI is InChI=1S/C24H21F3N8O2/c1-33-11-10-18(31-33)16-12-14(8-9-17(16)24(25,26)27)22(36)30-20-13-19(21(28)34(2)23(29)37)32-35(20)15-6-4-3-5-7-15/h3-13,28H,1-2H3,(H2,29,37)(H,30,36). The number of amidine groups is 1. The molecule has 0 unspecified atom stereocenters. The number of carbonyl (C=O) groups is 2. The highest BCUT2D eigenvalue weighted by Gasteiger charge is 2.34. The number of hydrogen-bond acceptors (Lipinski definition) is 5. The summed E-state index contributed by atoms with van der Waals surface area (Å²) in [5.41, 5.74) is 4.63. The number of benzene rings is 2. The molecule has 13 heteroatoms. The molecule has 0 aliphatic carbocycles. The summed E-state index contributed by atoms with van der Waals surface area (Å²) in [6, 6.07) is 13.6. The van der Waals surface area contributed by atoms with Gasteiger partial charge in [0.2, 0.25) is 0 Å². The Labute approximate surface area is 208 Å². The molecule has 0 aliphatic heterocycles. The van der Waals surface area contributed by atoms with Crippen molar-refractivity contribution in [3.8, 4) is 16.9 Å². The number of halogens is 3. The van der Waals surface area contributed by atoms with E-state index in [1.165, 1.54) is 34.7 Å². The largest absolute Gasteiger partial charge is 0.417 e. The second-order valence-corrected chi connectivity index (χ2v) is 7.99. The zero-order valence-corrected chi connectivity index (χ0v) is 19.6. The van der Waals surface area contributed by atoms with Crippen molar-refractivity contribution in [2.75, 3.05) is 12.4 Å². The van der Waals surface area contributed by atoms with Gasteiger partial charge in [0.25, 0.3) is 5.91 Å². The molecule has 0 radical (unpaired) electrons. The number of aryl methyl sites for hydroxylation is 1. The number of nitrogens with zero attached hydrogens (tertiary/aromatic N) is 5. The third-order valence-corrected chi connectivity index (χ3v) is 5.44. The molecule has 0 spiro atoms. The molecule has 3 amide bonds. The van der Waals surface area contributed by atoms with E-state index in [1.807, 2.05) is 0 Å². The molecule has 0 saturated heterocycles. The van der Waals surface area contributed by atoms with Crippen LogP contribution in [0.25, 0.3) is 16.9 Å². The van der Waals surface area contributed by atoms with Gasteiger partial charge >= 0.3 is 12.2 Å². The van der Waals surface area contributed by atoms with Crippen LogP contribution in [-0.4, -0.2) is 49.3 Å². The summed E-state index contributed by atoms with van der Waals surface area (Å²) in [6.45, 7) is 0. The molecule has 0 fully saturated rings. The lowest BCUT2D eigenvalue weighted by Crippen LogP contribution is -2.37. The first-order valence-electron chi connectivity index (χ1n) is 10.8. The number of aromatic nitrogens is 4. The van der Waals surface area contributed by atoms with Crippen LogP contribution in [0.15, 0.2) is 66.9 Å². The van der Waals surface area contributed by atoms with Gasteiger partial charge in [0.1, 0.15) is 11.5 Å². The maximum Gasteiger partial charge on any atom is 0.417 e. The average molecular weight is 510 g/mol. The third kappa shape index (κ3) is 5.19. The molecule has 190 valence electrons. The fourth-order valence-electron chi connectivity index (χ4n) is 3.53. The summed E-state index contributed by atoms with van der Waals surface area (Å²) in [6.07, 6.45) is -3.16. The Morgan fingerprint density at radius 2 is 1.76 bits per heavy atom. The Bertz CT molecular complexity index is 1490. The number of nitrogens with one attached hydrogen (secondary N) is 2. The summed E-state index contributed by atoms with van der Waals surface area (Å²) in [4.78, 5) is 25.5. The summed E-state index contributed by atoms with van der Waals surface area (Å²) >= 11 is 0. The fourth-order valence-corrected chi connectivity index (χ4v) is 3.53. The van der Waals surface area contributed by atoms with Gasteiger partial charge < -0.3 is 11.1 Å². The highest BCUT2D eigenvalue weighted by Crippen LogP contribution is 2.37. The van der Waals surface area contributed by atoms with E-state index in [2.05, 4.69) is 15.5 Å². The van der Waals surface area contributed by atoms with Crippen molar-refractivity contribution >= 4 is 23.6 Å². The molecule has 4 rings (SSSR count). The maximum absolute atomic E-state index is 13.7. The maximum atomic E-state index is 13.7. The lowest BCUT2D eigenvalue weighted by Gasteiger charge is -2.14. The second kappa shape index (κ2) is 9.60. The minimum Gasteiger partial charge on any atom is -0.351 e. The van der Waals surface area contributed by atoms with Crippen LogP contribution in [0.4, 0.5) is 23.8 Å². The minimum absolute atomic E-state index is 0.0297. The first-order valence-corrected chi connectivity index (χ1v) is 10.8. The van der Waals surface area contributed by atoms with Crippen LogP contribution in [0, 0.1) is 5.41 Å². The molecule has 10 nitrogen and oxygen atoms in total. The van der Waals surface area contributed by atoms with Crippen LogP contribution >= 0.6 is 0 Å². The van der Waals surface area contributed by atoms with Gasteiger partial charge in [-0.15, -0.1) is 0 Å². The van der Waals surface area contributed by atoms with E-state index in [1.54, 1.807) is 37.4 Å². The molecule has 0 aliphatic rings. The summed E-state index contributed by atoms with van der Waals surface area (Å²) in [5.74, 6) is -0.915. The van der Waals surface area contributed by atoms with Crippen molar-refractivity contribution in [2.45, 2.75) is 6.18 Å². The molecule has 2 aromatic heterocycles. The number of nitrogens with two attached hydrogens (primary N) is 1. The molecule has 37 heavy (non-hydrogen) atoms. The first kappa shape index (κ1) is 25.2. The Hall–Kier alpha value is -4.94. The van der Waals surface area contributed by atoms with E-state index in [9.17, 15) is 22.8 Å². The SMILES string of the molecule is CN(C(=N)c1cc(NC(=O)c2ccc(C(F)(F)F)c(-c3ccn(C)n3)c2)n(-c2ccccc2)n1)C(N)=O. The molecular weight excluding hydrogens is 489 g/mol. The van der Waals surface area contributed by atoms with Gasteiger partial charge in [-0.2, -0.15) is 23.4 Å². The van der Waals surface area contributed by atoms with E-state index in [4.69, 9.17) is 11.1 Å². The average Bonchev–Trinajstić information content (AvgIpc) is 3.49. The minimum atomic E-state index is -4.66. The summed E-state index contributed by atoms with van der Waals surface area (Å²) in [5, 5.41) is 19.2. The van der Waals surface area contributed by atoms with Crippen molar-refractivity contribution in [1.29, 1.82) is 5.41 Å². The monoisotopic (exact) mass is 510 g/mol. The highest BCUT2D eigenvalue weighted by molar-refractivity contribution is 6.07. The van der Waals surface area contributed by atoms with Crippen molar-refractivity contribution in [1.82, 2.24) is 24.5 Å². The van der Waals surface area contributed by atoms with Crippen LogP contribution in [0.3, 0.4) is 0 Å². The fraction of sp³-hybridized carbons (Fsp3) is 0.125. The number of urea groups is 1. The van der Waals surface area contributed by atoms with Crippen LogP contribution < -0.4 is 11.1 Å². The Morgan fingerprint density at radius 1 is 1.05 bits per heavy atom. The molecule has 0 bridgehead atoms. The zero-order chi connectivity index (χ0) is 26.9. The quantitative estimate of drug-likeness (QED) is 0.277. The molecule has 4 N–H and O–H groups in total. The summed E-state index contributed by atoms with van der Waals surface area (Å²) < 4.78 is 43.7. The van der Waals surface area contributed by atoms with Crippen molar-refractivity contribution < 1.29 is 22.8 Å². The van der Waals surface area contributed by atoms with Crippen LogP contribution in [0.5, 0.6) is 0 Å². The van der Waals surface area contributed by atoms with Gasteiger partial charge in [-0.25, -0.2) is 9.48 Å². The molecule has 2 aromatic carbocycles. The molecule has 0 saturated carbocycles. The van der Waals surface area contributed by atoms with Gasteiger partial charge in [-0.05, 0) is 36.4 Å². The Kier molecular flexibility index (Phi) is 6.53. The molecule has 2 heterocycles. The normalized spacial score (nSPS) is 11.3. The smallest absolute Gasteiger partial charge is 0.351 e. The van der Waals surface area contributed by atoms with E-state index in [0.29, 0.717) is 5.69 Å². The van der Waals surface area contributed by atoms with Gasteiger partial charge in [0.05, 0.1) is 16.9 Å². The Morgan fingerprint density at radius 3 is 2.35 bits per heavy atom. The third-order valence-electron chi connectivity index (χ3n) is 5.44. The first-order chi connectivity index (χ1) is 17.5. The lowest BCUT2D eigenvalue weighted by atomic mass is 10.0. The number of amides is 3. The van der Waals surface area contributed by atoms with E-state index >= 15 is 0 Å². The van der Waals surface area contributed by atoms with E-state index in [0.717, 1.165) is 23.1 Å². The van der Waals surface area contributed by atoms with Gasteiger partial charge in [-0.1, -0.05) is 18.2 Å². The molecule has 0 atom stereocenters. The molecule has 4 aromatic rings. The number of hydrogen-bond donors (Lipinski definition) is 3. The number of para-hydroxylation sites is 1. The number of anilines is 1. The predicted molar refractivity (Wildman–Crippen MR) is 129 cm³/mol. The predicted octanol–water partition coefficient (Wildman–Crippen LogP) is 3.88. The van der Waals surface area contributed by atoms with Crippen LogP contribution in [0.1, 0.15) is 21.6 Å². The number of alkyl halides is 3. The highest BCUT2D eigenvalue weighted by atomic mass is 19.4. The van der Waals surface area contributed by atoms with Crippen molar-refractivity contribution in [3.63, 3.8) is 0 Å². The zero-order valence-electron chi connectivity index (χ0n) is 19.6. The van der Waals surface area contributed by atoms with Gasteiger partial charge in [0.15, 0.2) is 5.84 Å². The van der Waals surface area contributed by atoms with E-state index in [-0.39, 0.29) is 34.2 Å². The van der Waals surface area contributed by atoms with Crippen LogP contribution in [0.2, 0.25) is 0 Å². The number of carbonyl (C=O) groups excluding carboxylic acids is 2. The van der Waals surface area contributed by atoms with Crippen molar-refractivity contribution in [3.05, 3.63) is 83.7 Å². The molecular formula is C24H21F3N8O2.